The molecule has 0 bridgehead atoms. The highest BCUT2D eigenvalue weighted by molar-refractivity contribution is 6.30. The second-order valence-electron chi connectivity index (χ2n) is 4.55. The van der Waals surface area contributed by atoms with Crippen molar-refractivity contribution in [3.05, 3.63) is 64.8 Å². The lowest BCUT2D eigenvalue weighted by atomic mass is 10.1. The van der Waals surface area contributed by atoms with E-state index in [1.807, 2.05) is 30.3 Å². The molecule has 3 aromatic rings. The Labute approximate surface area is 117 Å². The molecule has 0 saturated carbocycles. The van der Waals surface area contributed by atoms with Crippen molar-refractivity contribution in [2.45, 2.75) is 6.42 Å². The van der Waals surface area contributed by atoms with E-state index in [0.29, 0.717) is 0 Å². The van der Waals surface area contributed by atoms with Gasteiger partial charge in [-0.05, 0) is 42.0 Å². The molecule has 96 valence electrons. The van der Waals surface area contributed by atoms with Gasteiger partial charge < -0.3 is 9.72 Å². The summed E-state index contributed by atoms with van der Waals surface area (Å²) in [6.45, 7) is 0. The maximum Gasteiger partial charge on any atom is 0.119 e. The first kappa shape index (κ1) is 12.1. The molecule has 1 aromatic heterocycles. The van der Waals surface area contributed by atoms with Gasteiger partial charge >= 0.3 is 0 Å². The molecule has 0 atom stereocenters. The van der Waals surface area contributed by atoms with Gasteiger partial charge in [-0.15, -0.1) is 0 Å². The highest BCUT2D eigenvalue weighted by Crippen LogP contribution is 2.23. The van der Waals surface area contributed by atoms with Gasteiger partial charge in [-0.25, -0.2) is 0 Å². The fraction of sp³-hybridized carbons (Fsp3) is 0.125. The highest BCUT2D eigenvalue weighted by atomic mass is 35.5. The Kier molecular flexibility index (Phi) is 3.18. The van der Waals surface area contributed by atoms with Crippen LogP contribution in [0.4, 0.5) is 0 Å². The lowest BCUT2D eigenvalue weighted by molar-refractivity contribution is 0.415. The quantitative estimate of drug-likeness (QED) is 0.749. The number of ether oxygens (including phenoxy) is 1. The number of methoxy groups -OCH3 is 1. The zero-order valence-electron chi connectivity index (χ0n) is 10.6. The van der Waals surface area contributed by atoms with E-state index < -0.39 is 0 Å². The van der Waals surface area contributed by atoms with Crippen molar-refractivity contribution in [3.8, 4) is 5.75 Å². The fourth-order valence-electron chi connectivity index (χ4n) is 2.22. The molecule has 0 aliphatic rings. The third-order valence-corrected chi connectivity index (χ3v) is 3.44. The Hall–Kier alpha value is -1.93. The zero-order chi connectivity index (χ0) is 13.2. The number of benzene rings is 2. The van der Waals surface area contributed by atoms with Gasteiger partial charge in [0.25, 0.3) is 0 Å². The number of fused-ring (bicyclic) bond motifs is 1. The molecule has 0 amide bonds. The number of aromatic nitrogens is 1. The molecule has 19 heavy (non-hydrogen) atoms. The lowest BCUT2D eigenvalue weighted by Gasteiger charge is -1.98. The van der Waals surface area contributed by atoms with Crippen LogP contribution in [-0.4, -0.2) is 12.1 Å². The SMILES string of the molecule is COc1ccc2[nH]c(Cc3ccc(Cl)cc3)cc2c1. The van der Waals surface area contributed by atoms with Gasteiger partial charge in [-0.1, -0.05) is 23.7 Å². The normalized spacial score (nSPS) is 10.8. The van der Waals surface area contributed by atoms with E-state index in [-0.39, 0.29) is 0 Å². The van der Waals surface area contributed by atoms with E-state index in [4.69, 9.17) is 16.3 Å². The van der Waals surface area contributed by atoms with Crippen molar-refractivity contribution in [1.29, 1.82) is 0 Å². The number of hydrogen-bond donors (Lipinski definition) is 1. The predicted molar refractivity (Wildman–Crippen MR) is 79.1 cm³/mol. The summed E-state index contributed by atoms with van der Waals surface area (Å²) in [6, 6.07) is 16.1. The number of rotatable bonds is 3. The van der Waals surface area contributed by atoms with Crippen LogP contribution >= 0.6 is 11.6 Å². The van der Waals surface area contributed by atoms with Gasteiger partial charge in [-0.2, -0.15) is 0 Å². The standard InChI is InChI=1S/C16H14ClNO/c1-19-15-6-7-16-12(10-15)9-14(18-16)8-11-2-4-13(17)5-3-11/h2-7,9-10,18H,8H2,1H3. The average molecular weight is 272 g/mol. The zero-order valence-corrected chi connectivity index (χ0v) is 11.4. The van der Waals surface area contributed by atoms with Crippen LogP contribution in [0.5, 0.6) is 5.75 Å². The van der Waals surface area contributed by atoms with E-state index in [2.05, 4.69) is 23.2 Å². The first-order valence-electron chi connectivity index (χ1n) is 6.15. The van der Waals surface area contributed by atoms with Gasteiger partial charge in [0.15, 0.2) is 0 Å². The molecule has 3 rings (SSSR count). The van der Waals surface area contributed by atoms with Gasteiger partial charge in [0.1, 0.15) is 5.75 Å². The Morgan fingerprint density at radius 1 is 1.05 bits per heavy atom. The summed E-state index contributed by atoms with van der Waals surface area (Å²) in [5.41, 5.74) is 3.55. The molecule has 0 fully saturated rings. The van der Waals surface area contributed by atoms with Crippen molar-refractivity contribution in [1.82, 2.24) is 4.98 Å². The number of hydrogen-bond acceptors (Lipinski definition) is 1. The smallest absolute Gasteiger partial charge is 0.119 e. The second-order valence-corrected chi connectivity index (χ2v) is 4.99. The largest absolute Gasteiger partial charge is 0.497 e. The number of aromatic amines is 1. The van der Waals surface area contributed by atoms with E-state index in [1.165, 1.54) is 16.6 Å². The van der Waals surface area contributed by atoms with Crippen LogP contribution in [0.2, 0.25) is 5.02 Å². The van der Waals surface area contributed by atoms with E-state index in [1.54, 1.807) is 7.11 Å². The molecule has 1 N–H and O–H groups in total. The number of nitrogens with one attached hydrogen (secondary N) is 1. The molecule has 1 heterocycles. The lowest BCUT2D eigenvalue weighted by Crippen LogP contribution is -1.87. The maximum atomic E-state index is 5.89. The molecule has 2 aromatic carbocycles. The molecular weight excluding hydrogens is 258 g/mol. The van der Waals surface area contributed by atoms with Crippen molar-refractivity contribution in [2.24, 2.45) is 0 Å². The summed E-state index contributed by atoms with van der Waals surface area (Å²) in [5.74, 6) is 0.879. The third kappa shape index (κ3) is 2.59. The topological polar surface area (TPSA) is 25.0 Å². The Bertz CT molecular complexity index is 700. The number of H-pyrrole nitrogens is 1. The van der Waals surface area contributed by atoms with E-state index in [9.17, 15) is 0 Å². The average Bonchev–Trinajstić information content (AvgIpc) is 2.82. The molecule has 2 nitrogen and oxygen atoms in total. The van der Waals surface area contributed by atoms with Crippen LogP contribution in [-0.2, 0) is 6.42 Å². The molecule has 0 unspecified atom stereocenters. The second kappa shape index (κ2) is 4.98. The summed E-state index contributed by atoms with van der Waals surface area (Å²) in [7, 11) is 1.68. The van der Waals surface area contributed by atoms with Crippen LogP contribution < -0.4 is 4.74 Å². The van der Waals surface area contributed by atoms with Crippen LogP contribution in [0.1, 0.15) is 11.3 Å². The highest BCUT2D eigenvalue weighted by Gasteiger charge is 2.03. The Morgan fingerprint density at radius 2 is 1.84 bits per heavy atom. The molecule has 0 radical (unpaired) electrons. The van der Waals surface area contributed by atoms with Crippen molar-refractivity contribution < 1.29 is 4.74 Å². The monoisotopic (exact) mass is 271 g/mol. The molecule has 0 aliphatic heterocycles. The molecular formula is C16H14ClNO. The van der Waals surface area contributed by atoms with Crippen molar-refractivity contribution in [3.63, 3.8) is 0 Å². The molecule has 0 spiro atoms. The minimum Gasteiger partial charge on any atom is -0.497 e. The van der Waals surface area contributed by atoms with Crippen LogP contribution in [0, 0.1) is 0 Å². The van der Waals surface area contributed by atoms with Crippen LogP contribution in [0.25, 0.3) is 10.9 Å². The Morgan fingerprint density at radius 3 is 2.58 bits per heavy atom. The maximum absolute atomic E-state index is 5.89. The van der Waals surface area contributed by atoms with Gasteiger partial charge in [0.2, 0.25) is 0 Å². The molecule has 0 aliphatic carbocycles. The summed E-state index contributed by atoms with van der Waals surface area (Å²) in [5, 5.41) is 1.94. The van der Waals surface area contributed by atoms with Gasteiger partial charge in [-0.3, -0.25) is 0 Å². The van der Waals surface area contributed by atoms with Gasteiger partial charge in [0.05, 0.1) is 7.11 Å². The van der Waals surface area contributed by atoms with E-state index in [0.717, 1.165) is 22.7 Å². The van der Waals surface area contributed by atoms with Crippen molar-refractivity contribution in [2.75, 3.05) is 7.11 Å². The third-order valence-electron chi connectivity index (χ3n) is 3.19. The number of halogens is 1. The van der Waals surface area contributed by atoms with Crippen LogP contribution in [0.15, 0.2) is 48.5 Å². The first-order valence-corrected chi connectivity index (χ1v) is 6.52. The first-order chi connectivity index (χ1) is 9.24. The summed E-state index contributed by atoms with van der Waals surface area (Å²) < 4.78 is 5.23. The minimum atomic E-state index is 0.769. The van der Waals surface area contributed by atoms with Crippen LogP contribution in [0.3, 0.4) is 0 Å². The van der Waals surface area contributed by atoms with Gasteiger partial charge in [0, 0.05) is 28.0 Å². The van der Waals surface area contributed by atoms with E-state index >= 15 is 0 Å². The minimum absolute atomic E-state index is 0.769. The summed E-state index contributed by atoms with van der Waals surface area (Å²) in [6.07, 6.45) is 0.869. The summed E-state index contributed by atoms with van der Waals surface area (Å²) in [4.78, 5) is 3.42. The molecule has 0 saturated heterocycles. The van der Waals surface area contributed by atoms with Crippen molar-refractivity contribution >= 4 is 22.5 Å². The Balaban J connectivity index is 1.90. The fourth-order valence-corrected chi connectivity index (χ4v) is 2.34. The molecule has 3 heteroatoms. The predicted octanol–water partition coefficient (Wildman–Crippen LogP) is 4.42. The summed E-state index contributed by atoms with van der Waals surface area (Å²) >= 11 is 5.89.